The van der Waals surface area contributed by atoms with Gasteiger partial charge in [-0.25, -0.2) is 0 Å². The Labute approximate surface area is 169 Å². The molecule has 1 amide bonds. The summed E-state index contributed by atoms with van der Waals surface area (Å²) in [4.78, 5) is 22.4. The minimum Gasteiger partial charge on any atom is -0.371 e. The summed E-state index contributed by atoms with van der Waals surface area (Å²) >= 11 is 0. The lowest BCUT2D eigenvalue weighted by molar-refractivity contribution is -0.0467. The first-order chi connectivity index (χ1) is 14.2. The SMILES string of the molecule is O=C(c1cc2ccccc2[nH]1)N1CCCC2(CC(OCc3cccnc3)CO2)C1. The number of nitrogens with one attached hydrogen (secondary N) is 1. The quantitative estimate of drug-likeness (QED) is 0.739. The van der Waals surface area contributed by atoms with Crippen LogP contribution in [0.25, 0.3) is 10.9 Å². The lowest BCUT2D eigenvalue weighted by Gasteiger charge is -2.39. The van der Waals surface area contributed by atoms with Crippen LogP contribution in [0.1, 0.15) is 35.3 Å². The number of pyridine rings is 1. The molecule has 2 saturated heterocycles. The van der Waals surface area contributed by atoms with Gasteiger partial charge >= 0.3 is 0 Å². The summed E-state index contributed by atoms with van der Waals surface area (Å²) in [6.45, 7) is 2.50. The summed E-state index contributed by atoms with van der Waals surface area (Å²) in [7, 11) is 0. The van der Waals surface area contributed by atoms with E-state index < -0.39 is 0 Å². The largest absolute Gasteiger partial charge is 0.371 e. The number of benzene rings is 1. The van der Waals surface area contributed by atoms with Crippen molar-refractivity contribution in [3.63, 3.8) is 0 Å². The van der Waals surface area contributed by atoms with Gasteiger partial charge < -0.3 is 19.4 Å². The zero-order chi connectivity index (χ0) is 19.7. The molecule has 0 aliphatic carbocycles. The Morgan fingerprint density at radius 3 is 3.10 bits per heavy atom. The van der Waals surface area contributed by atoms with Gasteiger partial charge in [0.2, 0.25) is 0 Å². The highest BCUT2D eigenvalue weighted by atomic mass is 16.6. The van der Waals surface area contributed by atoms with Crippen LogP contribution in [0.5, 0.6) is 0 Å². The molecule has 3 aromatic rings. The average molecular weight is 391 g/mol. The maximum Gasteiger partial charge on any atom is 0.270 e. The van der Waals surface area contributed by atoms with E-state index >= 15 is 0 Å². The van der Waals surface area contributed by atoms with Crippen molar-refractivity contribution in [2.45, 2.75) is 37.6 Å². The lowest BCUT2D eigenvalue weighted by Crippen LogP contribution is -2.50. The third-order valence-electron chi connectivity index (χ3n) is 5.97. The number of piperidine rings is 1. The summed E-state index contributed by atoms with van der Waals surface area (Å²) in [5, 5.41) is 1.06. The van der Waals surface area contributed by atoms with Crippen LogP contribution in [0.15, 0.2) is 54.9 Å². The van der Waals surface area contributed by atoms with Crippen molar-refractivity contribution in [1.82, 2.24) is 14.9 Å². The molecule has 2 fully saturated rings. The van der Waals surface area contributed by atoms with Gasteiger partial charge in [-0.05, 0) is 36.6 Å². The molecule has 2 aromatic heterocycles. The number of aromatic nitrogens is 2. The van der Waals surface area contributed by atoms with E-state index in [1.807, 2.05) is 53.6 Å². The van der Waals surface area contributed by atoms with Crippen LogP contribution in [-0.2, 0) is 16.1 Å². The molecule has 0 bridgehead atoms. The molecule has 2 atom stereocenters. The molecule has 2 unspecified atom stereocenters. The normalized spacial score (nSPS) is 24.4. The second kappa shape index (κ2) is 7.61. The predicted molar refractivity (Wildman–Crippen MR) is 110 cm³/mol. The van der Waals surface area contributed by atoms with E-state index in [0.717, 1.165) is 42.3 Å². The molecular formula is C23H25N3O3. The topological polar surface area (TPSA) is 67.5 Å². The third-order valence-corrected chi connectivity index (χ3v) is 5.97. The van der Waals surface area contributed by atoms with E-state index in [1.54, 1.807) is 6.20 Å². The van der Waals surface area contributed by atoms with Crippen LogP contribution >= 0.6 is 0 Å². The summed E-state index contributed by atoms with van der Waals surface area (Å²) in [5.41, 5.74) is 2.40. The first-order valence-electron chi connectivity index (χ1n) is 10.2. The van der Waals surface area contributed by atoms with Crippen LogP contribution in [0.4, 0.5) is 0 Å². The fourth-order valence-electron chi connectivity index (χ4n) is 4.52. The zero-order valence-corrected chi connectivity index (χ0v) is 16.3. The van der Waals surface area contributed by atoms with Crippen molar-refractivity contribution in [3.8, 4) is 0 Å². The molecule has 5 rings (SSSR count). The second-order valence-electron chi connectivity index (χ2n) is 8.09. The van der Waals surface area contributed by atoms with Crippen molar-refractivity contribution in [2.24, 2.45) is 0 Å². The number of carbonyl (C=O) groups excluding carboxylic acids is 1. The van der Waals surface area contributed by atoms with E-state index in [0.29, 0.717) is 25.5 Å². The van der Waals surface area contributed by atoms with Gasteiger partial charge in [0.15, 0.2) is 0 Å². The zero-order valence-electron chi connectivity index (χ0n) is 16.3. The minimum atomic E-state index is -0.292. The Balaban J connectivity index is 1.23. The molecule has 0 saturated carbocycles. The van der Waals surface area contributed by atoms with Gasteiger partial charge in [0, 0.05) is 36.3 Å². The van der Waals surface area contributed by atoms with Crippen LogP contribution in [0.2, 0.25) is 0 Å². The Kier molecular flexibility index (Phi) is 4.81. The highest BCUT2D eigenvalue weighted by molar-refractivity contribution is 5.98. The van der Waals surface area contributed by atoms with Crippen molar-refractivity contribution in [1.29, 1.82) is 0 Å². The summed E-state index contributed by atoms with van der Waals surface area (Å²) in [6.07, 6.45) is 6.38. The van der Waals surface area contributed by atoms with Crippen LogP contribution in [0, 0.1) is 0 Å². The number of rotatable bonds is 4. The van der Waals surface area contributed by atoms with Gasteiger partial charge in [-0.2, -0.15) is 0 Å². The monoisotopic (exact) mass is 391 g/mol. The van der Waals surface area contributed by atoms with Gasteiger partial charge in [0.1, 0.15) is 5.69 Å². The van der Waals surface area contributed by atoms with Crippen LogP contribution in [-0.4, -0.2) is 52.2 Å². The maximum atomic E-state index is 13.1. The summed E-state index contributed by atoms with van der Waals surface area (Å²) in [5.74, 6) is 0.0450. The molecule has 2 aliphatic rings. The van der Waals surface area contributed by atoms with Crippen LogP contribution in [0.3, 0.4) is 0 Å². The van der Waals surface area contributed by atoms with Crippen LogP contribution < -0.4 is 0 Å². The molecule has 6 heteroatoms. The number of hydrogen-bond acceptors (Lipinski definition) is 4. The number of fused-ring (bicyclic) bond motifs is 1. The second-order valence-corrected chi connectivity index (χ2v) is 8.09. The maximum absolute atomic E-state index is 13.1. The molecule has 4 heterocycles. The van der Waals surface area contributed by atoms with E-state index in [2.05, 4.69) is 9.97 Å². The number of amides is 1. The number of nitrogens with zero attached hydrogens (tertiary/aromatic N) is 2. The number of ether oxygens (including phenoxy) is 2. The summed E-state index contributed by atoms with van der Waals surface area (Å²) in [6, 6.07) is 13.8. The molecule has 1 N–H and O–H groups in total. The average Bonchev–Trinajstić information content (AvgIpc) is 3.37. The third kappa shape index (κ3) is 3.78. The predicted octanol–water partition coefficient (Wildman–Crippen LogP) is 3.54. The molecule has 6 nitrogen and oxygen atoms in total. The summed E-state index contributed by atoms with van der Waals surface area (Å²) < 4.78 is 12.3. The van der Waals surface area contributed by atoms with E-state index in [-0.39, 0.29) is 17.6 Å². The Morgan fingerprint density at radius 2 is 2.24 bits per heavy atom. The fraction of sp³-hybridized carbons (Fsp3) is 0.391. The van der Waals surface area contributed by atoms with E-state index in [4.69, 9.17) is 9.47 Å². The van der Waals surface area contributed by atoms with E-state index in [1.165, 1.54) is 0 Å². The van der Waals surface area contributed by atoms with Crippen molar-refractivity contribution in [2.75, 3.05) is 19.7 Å². The number of para-hydroxylation sites is 1. The molecule has 29 heavy (non-hydrogen) atoms. The van der Waals surface area contributed by atoms with Crippen molar-refractivity contribution < 1.29 is 14.3 Å². The molecule has 1 aromatic carbocycles. The standard InChI is InChI=1S/C23H25N3O3/c27-22(21-11-18-6-1-2-7-20(18)25-21)26-10-4-8-23(16-26)12-19(15-29-23)28-14-17-5-3-9-24-13-17/h1-3,5-7,9,11,13,19,25H,4,8,10,12,14-16H2. The Bertz CT molecular complexity index is 970. The van der Waals surface area contributed by atoms with Gasteiger partial charge in [0.05, 0.1) is 31.5 Å². The Morgan fingerprint density at radius 1 is 1.31 bits per heavy atom. The number of carbonyl (C=O) groups is 1. The molecule has 150 valence electrons. The molecule has 0 radical (unpaired) electrons. The number of H-pyrrole nitrogens is 1. The lowest BCUT2D eigenvalue weighted by atomic mass is 9.89. The minimum absolute atomic E-state index is 0.0450. The van der Waals surface area contributed by atoms with Gasteiger partial charge in [-0.1, -0.05) is 24.3 Å². The first-order valence-corrected chi connectivity index (χ1v) is 10.2. The Hall–Kier alpha value is -2.70. The van der Waals surface area contributed by atoms with E-state index in [9.17, 15) is 4.79 Å². The van der Waals surface area contributed by atoms with Crippen molar-refractivity contribution in [3.05, 3.63) is 66.1 Å². The van der Waals surface area contributed by atoms with Gasteiger partial charge in [0.25, 0.3) is 5.91 Å². The van der Waals surface area contributed by atoms with Gasteiger partial charge in [-0.3, -0.25) is 9.78 Å². The molecule has 2 aliphatic heterocycles. The highest BCUT2D eigenvalue weighted by Crippen LogP contribution is 2.36. The van der Waals surface area contributed by atoms with Gasteiger partial charge in [-0.15, -0.1) is 0 Å². The fourth-order valence-corrected chi connectivity index (χ4v) is 4.52. The van der Waals surface area contributed by atoms with Crippen molar-refractivity contribution >= 4 is 16.8 Å². The first kappa shape index (κ1) is 18.3. The molecular weight excluding hydrogens is 366 g/mol. The molecule has 1 spiro atoms. The number of likely N-dealkylation sites (tertiary alicyclic amines) is 1. The number of hydrogen-bond donors (Lipinski definition) is 1. The highest BCUT2D eigenvalue weighted by Gasteiger charge is 2.45. The number of aromatic amines is 1. The smallest absolute Gasteiger partial charge is 0.270 e.